The van der Waals surface area contributed by atoms with Crippen LogP contribution in [0.25, 0.3) is 5.69 Å². The monoisotopic (exact) mass is 362 g/mol. The van der Waals surface area contributed by atoms with E-state index in [1.165, 1.54) is 12.8 Å². The van der Waals surface area contributed by atoms with E-state index >= 15 is 0 Å². The molecule has 2 aromatic rings. The highest BCUT2D eigenvalue weighted by molar-refractivity contribution is 5.94. The number of hydrogen-bond acceptors (Lipinski definition) is 5. The number of halogens is 1. The van der Waals surface area contributed by atoms with Gasteiger partial charge in [0.1, 0.15) is 6.33 Å². The molecule has 1 aromatic heterocycles. The number of carbonyl (C=O) groups is 1. The summed E-state index contributed by atoms with van der Waals surface area (Å²) < 4.78 is 1.58. The zero-order valence-electron chi connectivity index (χ0n) is 14.1. The SMILES string of the molecule is Cl.O=C(c1ccc(-n2cnnn2)cc1)N1CCC2(CCNCC2)CC1. The number of hydrogen-bond donors (Lipinski definition) is 1. The van der Waals surface area contributed by atoms with Gasteiger partial charge in [0.25, 0.3) is 5.91 Å². The number of rotatable bonds is 2. The minimum absolute atomic E-state index is 0. The van der Waals surface area contributed by atoms with Crippen LogP contribution >= 0.6 is 12.4 Å². The van der Waals surface area contributed by atoms with Crippen LogP contribution in [0.15, 0.2) is 30.6 Å². The third-order valence-electron chi connectivity index (χ3n) is 5.50. The molecule has 1 aromatic carbocycles. The van der Waals surface area contributed by atoms with Gasteiger partial charge in [-0.3, -0.25) is 4.79 Å². The second-order valence-electron chi connectivity index (χ2n) is 6.84. The summed E-state index contributed by atoms with van der Waals surface area (Å²) in [6.45, 7) is 3.97. The largest absolute Gasteiger partial charge is 0.339 e. The Morgan fingerprint density at radius 1 is 1.04 bits per heavy atom. The molecule has 1 N–H and O–H groups in total. The molecular formula is C17H23ClN6O. The van der Waals surface area contributed by atoms with Gasteiger partial charge in [-0.2, -0.15) is 0 Å². The van der Waals surface area contributed by atoms with Crippen LogP contribution in [0.5, 0.6) is 0 Å². The Labute approximate surface area is 153 Å². The Kier molecular flexibility index (Phi) is 5.34. The fourth-order valence-electron chi connectivity index (χ4n) is 3.86. The second kappa shape index (κ2) is 7.49. The van der Waals surface area contributed by atoms with Gasteiger partial charge in [-0.25, -0.2) is 4.68 Å². The standard InChI is InChI=1S/C17H22N6O.ClH/c24-16(14-1-3-15(4-2-14)23-13-19-20-21-23)22-11-7-17(8-12-22)5-9-18-10-6-17;/h1-4,13,18H,5-12H2;1H. The summed E-state index contributed by atoms with van der Waals surface area (Å²) in [7, 11) is 0. The van der Waals surface area contributed by atoms with Crippen LogP contribution in [0.3, 0.4) is 0 Å². The average molecular weight is 363 g/mol. The van der Waals surface area contributed by atoms with Crippen molar-refractivity contribution in [1.82, 2.24) is 30.4 Å². The lowest BCUT2D eigenvalue weighted by Gasteiger charge is -2.44. The van der Waals surface area contributed by atoms with Gasteiger partial charge < -0.3 is 10.2 Å². The Morgan fingerprint density at radius 3 is 2.32 bits per heavy atom. The van der Waals surface area contributed by atoms with Crippen LogP contribution in [-0.4, -0.2) is 57.2 Å². The van der Waals surface area contributed by atoms with Gasteiger partial charge in [0.2, 0.25) is 0 Å². The lowest BCUT2D eigenvalue weighted by atomic mass is 9.71. The van der Waals surface area contributed by atoms with E-state index in [1.807, 2.05) is 29.2 Å². The van der Waals surface area contributed by atoms with E-state index in [1.54, 1.807) is 11.0 Å². The fraction of sp³-hybridized carbons (Fsp3) is 0.529. The van der Waals surface area contributed by atoms with E-state index in [2.05, 4.69) is 20.8 Å². The molecule has 8 heteroatoms. The van der Waals surface area contributed by atoms with Crippen LogP contribution in [0, 0.1) is 5.41 Å². The van der Waals surface area contributed by atoms with E-state index in [4.69, 9.17) is 0 Å². The molecule has 0 aliphatic carbocycles. The highest BCUT2D eigenvalue weighted by atomic mass is 35.5. The third-order valence-corrected chi connectivity index (χ3v) is 5.50. The van der Waals surface area contributed by atoms with Gasteiger partial charge in [-0.15, -0.1) is 17.5 Å². The number of amides is 1. The molecular weight excluding hydrogens is 340 g/mol. The first-order valence-electron chi connectivity index (χ1n) is 8.59. The Bertz CT molecular complexity index is 686. The molecule has 3 heterocycles. The molecule has 25 heavy (non-hydrogen) atoms. The molecule has 4 rings (SSSR count). The highest BCUT2D eigenvalue weighted by Crippen LogP contribution is 2.39. The summed E-state index contributed by atoms with van der Waals surface area (Å²) >= 11 is 0. The maximum atomic E-state index is 12.7. The maximum absolute atomic E-state index is 12.7. The van der Waals surface area contributed by atoms with E-state index < -0.39 is 0 Å². The number of nitrogens with zero attached hydrogens (tertiary/aromatic N) is 5. The number of carbonyl (C=O) groups excluding carboxylic acids is 1. The van der Waals surface area contributed by atoms with E-state index in [9.17, 15) is 4.79 Å². The molecule has 2 saturated heterocycles. The molecule has 0 atom stereocenters. The lowest BCUT2D eigenvalue weighted by molar-refractivity contribution is 0.0496. The van der Waals surface area contributed by atoms with Crippen LogP contribution in [0.2, 0.25) is 0 Å². The smallest absolute Gasteiger partial charge is 0.253 e. The Morgan fingerprint density at radius 2 is 1.72 bits per heavy atom. The molecule has 134 valence electrons. The summed E-state index contributed by atoms with van der Waals surface area (Å²) in [4.78, 5) is 14.7. The van der Waals surface area contributed by atoms with Gasteiger partial charge >= 0.3 is 0 Å². The molecule has 2 aliphatic heterocycles. The molecule has 7 nitrogen and oxygen atoms in total. The normalized spacial score (nSPS) is 19.4. The number of benzene rings is 1. The minimum Gasteiger partial charge on any atom is -0.339 e. The first-order chi connectivity index (χ1) is 11.8. The number of tetrazole rings is 1. The molecule has 0 radical (unpaired) electrons. The molecule has 0 saturated carbocycles. The summed E-state index contributed by atoms with van der Waals surface area (Å²) in [5.41, 5.74) is 2.04. The maximum Gasteiger partial charge on any atom is 0.253 e. The number of aromatic nitrogens is 4. The summed E-state index contributed by atoms with van der Waals surface area (Å²) in [6.07, 6.45) is 6.29. The van der Waals surface area contributed by atoms with Gasteiger partial charge in [-0.1, -0.05) is 0 Å². The van der Waals surface area contributed by atoms with Gasteiger partial charge in [0, 0.05) is 18.7 Å². The van der Waals surface area contributed by atoms with Crippen molar-refractivity contribution in [3.05, 3.63) is 36.2 Å². The summed E-state index contributed by atoms with van der Waals surface area (Å²) in [5, 5.41) is 14.5. The van der Waals surface area contributed by atoms with Crippen molar-refractivity contribution < 1.29 is 4.79 Å². The van der Waals surface area contributed by atoms with E-state index in [0.29, 0.717) is 5.41 Å². The van der Waals surface area contributed by atoms with Crippen molar-refractivity contribution in [2.45, 2.75) is 25.7 Å². The molecule has 1 amide bonds. The number of piperidine rings is 2. The molecule has 0 bridgehead atoms. The molecule has 2 fully saturated rings. The van der Waals surface area contributed by atoms with Crippen LogP contribution in [0.1, 0.15) is 36.0 Å². The quantitative estimate of drug-likeness (QED) is 0.879. The second-order valence-corrected chi connectivity index (χ2v) is 6.84. The predicted molar refractivity (Wildman–Crippen MR) is 96.1 cm³/mol. The van der Waals surface area contributed by atoms with Crippen LogP contribution < -0.4 is 5.32 Å². The predicted octanol–water partition coefficient (Wildman–Crippen LogP) is 1.69. The van der Waals surface area contributed by atoms with Gasteiger partial charge in [0.05, 0.1) is 5.69 Å². The zero-order chi connectivity index (χ0) is 16.4. The van der Waals surface area contributed by atoms with Crippen molar-refractivity contribution >= 4 is 18.3 Å². The topological polar surface area (TPSA) is 75.9 Å². The zero-order valence-corrected chi connectivity index (χ0v) is 14.9. The Hall–Kier alpha value is -1.99. The van der Waals surface area contributed by atoms with Crippen LogP contribution in [-0.2, 0) is 0 Å². The van der Waals surface area contributed by atoms with Crippen molar-refractivity contribution in [2.75, 3.05) is 26.2 Å². The molecule has 1 spiro atoms. The number of nitrogens with one attached hydrogen (secondary N) is 1. The summed E-state index contributed by atoms with van der Waals surface area (Å²) in [5.74, 6) is 0.127. The van der Waals surface area contributed by atoms with Crippen LogP contribution in [0.4, 0.5) is 0 Å². The van der Waals surface area contributed by atoms with Crippen molar-refractivity contribution in [3.63, 3.8) is 0 Å². The fourth-order valence-corrected chi connectivity index (χ4v) is 3.86. The van der Waals surface area contributed by atoms with E-state index in [-0.39, 0.29) is 18.3 Å². The number of likely N-dealkylation sites (tertiary alicyclic amines) is 1. The van der Waals surface area contributed by atoms with Crippen molar-refractivity contribution in [2.24, 2.45) is 5.41 Å². The average Bonchev–Trinajstić information content (AvgIpc) is 3.17. The van der Waals surface area contributed by atoms with E-state index in [0.717, 1.165) is 50.3 Å². The lowest BCUT2D eigenvalue weighted by Crippen LogP contribution is -2.47. The minimum atomic E-state index is 0. The Balaban J connectivity index is 0.00000182. The third kappa shape index (κ3) is 3.67. The first-order valence-corrected chi connectivity index (χ1v) is 8.59. The van der Waals surface area contributed by atoms with Gasteiger partial charge in [-0.05, 0) is 78.9 Å². The molecule has 0 unspecified atom stereocenters. The molecule has 2 aliphatic rings. The van der Waals surface area contributed by atoms with Crippen molar-refractivity contribution in [1.29, 1.82) is 0 Å². The van der Waals surface area contributed by atoms with Crippen molar-refractivity contribution in [3.8, 4) is 5.69 Å². The van der Waals surface area contributed by atoms with Gasteiger partial charge in [0.15, 0.2) is 0 Å². The summed E-state index contributed by atoms with van der Waals surface area (Å²) in [6, 6.07) is 7.46. The first kappa shape index (κ1) is 17.8. The highest BCUT2D eigenvalue weighted by Gasteiger charge is 2.36.